The topological polar surface area (TPSA) is 50.2 Å². The third-order valence-electron chi connectivity index (χ3n) is 2.57. The Labute approximate surface area is 110 Å². The van der Waals surface area contributed by atoms with Crippen LogP contribution in [0.5, 0.6) is 0 Å². The minimum absolute atomic E-state index is 0.201. The van der Waals surface area contributed by atoms with Crippen LogP contribution in [0, 0.1) is 0 Å². The van der Waals surface area contributed by atoms with Gasteiger partial charge >= 0.3 is 0 Å². The Kier molecular flexibility index (Phi) is 4.01. The maximum atomic E-state index is 11.9. The third-order valence-corrected chi connectivity index (χ3v) is 3.88. The first-order valence-corrected chi connectivity index (χ1v) is 6.91. The van der Waals surface area contributed by atoms with Gasteiger partial charge in [-0.05, 0) is 18.3 Å². The number of hydrogen-bond donors (Lipinski definition) is 1. The first-order valence-electron chi connectivity index (χ1n) is 5.34. The zero-order chi connectivity index (χ0) is 12.3. The van der Waals surface area contributed by atoms with E-state index in [1.807, 2.05) is 16.7 Å². The first kappa shape index (κ1) is 12.4. The number of amides is 1. The predicted octanol–water partition coefficient (Wildman–Crippen LogP) is 0.484. The van der Waals surface area contributed by atoms with Crippen molar-refractivity contribution in [3.05, 3.63) is 18.0 Å². The molecule has 0 bridgehead atoms. The summed E-state index contributed by atoms with van der Waals surface area (Å²) in [5.41, 5.74) is 0.513. The Bertz CT molecular complexity index is 426. The van der Waals surface area contributed by atoms with Crippen molar-refractivity contribution in [3.63, 3.8) is 0 Å². The second-order valence-corrected chi connectivity index (χ2v) is 5.31. The third kappa shape index (κ3) is 2.98. The predicted molar refractivity (Wildman–Crippen MR) is 72.2 cm³/mol. The highest BCUT2D eigenvalue weighted by atomic mass is 32.2. The minimum Gasteiger partial charge on any atom is -0.347 e. The molecule has 7 heteroatoms. The summed E-state index contributed by atoms with van der Waals surface area (Å²) in [4.78, 5) is 13.9. The average Bonchev–Trinajstić information content (AvgIpc) is 2.76. The first-order chi connectivity index (χ1) is 8.18. The molecule has 1 saturated heterocycles. The Morgan fingerprint density at radius 1 is 1.53 bits per heavy atom. The summed E-state index contributed by atoms with van der Waals surface area (Å²) in [7, 11) is 1.73. The number of carbonyl (C=O) groups excluding carboxylic acids is 1. The van der Waals surface area contributed by atoms with Crippen LogP contribution in [-0.2, 0) is 7.05 Å². The maximum Gasteiger partial charge on any atom is 0.275 e. The molecular formula is C10H14N4OS2. The van der Waals surface area contributed by atoms with E-state index < -0.39 is 0 Å². The number of rotatable bonds is 1. The number of nitrogens with zero attached hydrogens (tertiary/aromatic N) is 3. The molecule has 0 atom stereocenters. The second kappa shape index (κ2) is 5.50. The molecule has 1 aromatic rings. The van der Waals surface area contributed by atoms with E-state index in [1.54, 1.807) is 19.3 Å². The fourth-order valence-electron chi connectivity index (χ4n) is 1.60. The molecule has 1 aliphatic rings. The van der Waals surface area contributed by atoms with Crippen LogP contribution in [0.2, 0.25) is 0 Å². The standard InChI is InChI=1S/C10H14N4OS2/c1-13-8(2-3-11-13)9(15)12-10(16)14-4-6-17-7-5-14/h2-3H,4-7H2,1H3,(H,12,15,16). The lowest BCUT2D eigenvalue weighted by molar-refractivity contribution is 0.0964. The van der Waals surface area contributed by atoms with Crippen molar-refractivity contribution in [1.29, 1.82) is 0 Å². The van der Waals surface area contributed by atoms with Crippen molar-refractivity contribution >= 4 is 35.0 Å². The van der Waals surface area contributed by atoms with Crippen molar-refractivity contribution in [2.75, 3.05) is 24.6 Å². The van der Waals surface area contributed by atoms with E-state index in [4.69, 9.17) is 12.2 Å². The summed E-state index contributed by atoms with van der Waals surface area (Å²) in [5, 5.41) is 7.20. The smallest absolute Gasteiger partial charge is 0.275 e. The number of aryl methyl sites for hydroxylation is 1. The summed E-state index contributed by atoms with van der Waals surface area (Å²) in [6, 6.07) is 1.67. The summed E-state index contributed by atoms with van der Waals surface area (Å²) in [5.74, 6) is 1.91. The highest BCUT2D eigenvalue weighted by Gasteiger charge is 2.17. The number of hydrogen-bond acceptors (Lipinski definition) is 4. The van der Waals surface area contributed by atoms with Gasteiger partial charge in [0.25, 0.3) is 5.91 Å². The molecule has 0 radical (unpaired) electrons. The normalized spacial score (nSPS) is 15.7. The van der Waals surface area contributed by atoms with E-state index in [1.165, 1.54) is 4.68 Å². The summed E-state index contributed by atoms with van der Waals surface area (Å²) >= 11 is 7.13. The molecule has 1 aliphatic heterocycles. The van der Waals surface area contributed by atoms with Gasteiger partial charge < -0.3 is 4.90 Å². The van der Waals surface area contributed by atoms with Crippen LogP contribution < -0.4 is 5.32 Å². The molecule has 0 unspecified atom stereocenters. The maximum absolute atomic E-state index is 11.9. The lowest BCUT2D eigenvalue weighted by Crippen LogP contribution is -2.46. The molecule has 0 aromatic carbocycles. The number of thiocarbonyl (C=S) groups is 1. The Morgan fingerprint density at radius 2 is 2.24 bits per heavy atom. The Morgan fingerprint density at radius 3 is 2.82 bits per heavy atom. The fourth-order valence-corrected chi connectivity index (χ4v) is 2.78. The Hall–Kier alpha value is -1.08. The molecule has 0 spiro atoms. The van der Waals surface area contributed by atoms with Gasteiger partial charge in [0.15, 0.2) is 5.11 Å². The van der Waals surface area contributed by atoms with Gasteiger partial charge in [0, 0.05) is 37.8 Å². The van der Waals surface area contributed by atoms with Crippen molar-refractivity contribution in [3.8, 4) is 0 Å². The monoisotopic (exact) mass is 270 g/mol. The second-order valence-electron chi connectivity index (χ2n) is 3.70. The summed E-state index contributed by atoms with van der Waals surface area (Å²) in [6.45, 7) is 1.80. The molecule has 2 heterocycles. The Balaban J connectivity index is 1.94. The lowest BCUT2D eigenvalue weighted by Gasteiger charge is -2.28. The average molecular weight is 270 g/mol. The van der Waals surface area contributed by atoms with E-state index >= 15 is 0 Å². The molecule has 1 fully saturated rings. The van der Waals surface area contributed by atoms with Gasteiger partial charge in [-0.3, -0.25) is 14.8 Å². The van der Waals surface area contributed by atoms with E-state index in [-0.39, 0.29) is 5.91 Å². The lowest BCUT2D eigenvalue weighted by atomic mass is 10.4. The quantitative estimate of drug-likeness (QED) is 0.752. The fraction of sp³-hybridized carbons (Fsp3) is 0.500. The van der Waals surface area contributed by atoms with Gasteiger partial charge in [0.2, 0.25) is 0 Å². The summed E-state index contributed by atoms with van der Waals surface area (Å²) < 4.78 is 1.53. The summed E-state index contributed by atoms with van der Waals surface area (Å²) in [6.07, 6.45) is 1.59. The largest absolute Gasteiger partial charge is 0.347 e. The molecule has 0 saturated carbocycles. The number of nitrogens with one attached hydrogen (secondary N) is 1. The van der Waals surface area contributed by atoms with Crippen LogP contribution >= 0.6 is 24.0 Å². The van der Waals surface area contributed by atoms with Crippen molar-refractivity contribution in [2.45, 2.75) is 0 Å². The van der Waals surface area contributed by atoms with Crippen LogP contribution in [0.1, 0.15) is 10.5 Å². The van der Waals surface area contributed by atoms with Crippen LogP contribution in [0.4, 0.5) is 0 Å². The molecule has 1 amide bonds. The molecule has 1 aromatic heterocycles. The van der Waals surface area contributed by atoms with Crippen LogP contribution in [0.15, 0.2) is 12.3 Å². The molecule has 2 rings (SSSR count). The van der Waals surface area contributed by atoms with E-state index in [2.05, 4.69) is 10.4 Å². The van der Waals surface area contributed by atoms with E-state index in [9.17, 15) is 4.79 Å². The highest BCUT2D eigenvalue weighted by Crippen LogP contribution is 2.09. The molecular weight excluding hydrogens is 256 g/mol. The van der Waals surface area contributed by atoms with Gasteiger partial charge in [-0.1, -0.05) is 0 Å². The number of aromatic nitrogens is 2. The molecule has 1 N–H and O–H groups in total. The van der Waals surface area contributed by atoms with Crippen molar-refractivity contribution < 1.29 is 4.79 Å². The molecule has 92 valence electrons. The van der Waals surface area contributed by atoms with E-state index in [0.717, 1.165) is 24.6 Å². The van der Waals surface area contributed by atoms with Crippen molar-refractivity contribution in [2.24, 2.45) is 7.05 Å². The van der Waals surface area contributed by atoms with Gasteiger partial charge in [-0.15, -0.1) is 0 Å². The SMILES string of the molecule is Cn1nccc1C(=O)NC(=S)N1CCSCC1. The number of thioether (sulfide) groups is 1. The van der Waals surface area contributed by atoms with Crippen LogP contribution in [0.25, 0.3) is 0 Å². The number of carbonyl (C=O) groups is 1. The van der Waals surface area contributed by atoms with Crippen LogP contribution in [-0.4, -0.2) is 50.3 Å². The van der Waals surface area contributed by atoms with Gasteiger partial charge in [0.05, 0.1) is 0 Å². The van der Waals surface area contributed by atoms with Gasteiger partial charge in [0.1, 0.15) is 5.69 Å². The molecule has 0 aliphatic carbocycles. The van der Waals surface area contributed by atoms with Crippen LogP contribution in [0.3, 0.4) is 0 Å². The van der Waals surface area contributed by atoms with Crippen molar-refractivity contribution in [1.82, 2.24) is 20.0 Å². The zero-order valence-corrected chi connectivity index (χ0v) is 11.2. The van der Waals surface area contributed by atoms with Gasteiger partial charge in [-0.2, -0.15) is 16.9 Å². The zero-order valence-electron chi connectivity index (χ0n) is 9.55. The highest BCUT2D eigenvalue weighted by molar-refractivity contribution is 7.99. The van der Waals surface area contributed by atoms with Gasteiger partial charge in [-0.25, -0.2) is 0 Å². The minimum atomic E-state index is -0.201. The van der Waals surface area contributed by atoms with E-state index in [0.29, 0.717) is 10.8 Å². The molecule has 5 nitrogen and oxygen atoms in total. The molecule has 17 heavy (non-hydrogen) atoms.